The number of amides is 1. The molecule has 0 bridgehead atoms. The number of nitrogens with zero attached hydrogens (tertiary/aromatic N) is 1. The van der Waals surface area contributed by atoms with Crippen molar-refractivity contribution < 1.29 is 14.3 Å². The van der Waals surface area contributed by atoms with Gasteiger partial charge in [-0.3, -0.25) is 9.79 Å². The number of nitrogens with one attached hydrogen (secondary N) is 3. The van der Waals surface area contributed by atoms with Gasteiger partial charge in [0, 0.05) is 31.7 Å². The first-order chi connectivity index (χ1) is 13.1. The van der Waals surface area contributed by atoms with Gasteiger partial charge in [-0.2, -0.15) is 0 Å². The van der Waals surface area contributed by atoms with Crippen molar-refractivity contribution in [1.29, 1.82) is 0 Å². The molecule has 7 heteroatoms. The Labute approximate surface area is 158 Å². The van der Waals surface area contributed by atoms with E-state index in [1.165, 1.54) is 18.2 Å². The molecule has 0 saturated heterocycles. The van der Waals surface area contributed by atoms with Crippen molar-refractivity contribution in [1.82, 2.24) is 16.0 Å². The molecule has 0 aliphatic heterocycles. The molecule has 2 rings (SSSR count). The van der Waals surface area contributed by atoms with Crippen LogP contribution in [0.15, 0.2) is 53.5 Å². The summed E-state index contributed by atoms with van der Waals surface area (Å²) in [5.41, 5.74) is 1.12. The van der Waals surface area contributed by atoms with Gasteiger partial charge in [-0.05, 0) is 49.2 Å². The van der Waals surface area contributed by atoms with E-state index in [1.54, 1.807) is 24.3 Å². The summed E-state index contributed by atoms with van der Waals surface area (Å²) in [6, 6.07) is 12.7. The fourth-order valence-corrected chi connectivity index (χ4v) is 2.40. The molecule has 0 aromatic heterocycles. The van der Waals surface area contributed by atoms with Crippen LogP contribution in [0.25, 0.3) is 0 Å². The van der Waals surface area contributed by atoms with Crippen LogP contribution in [0, 0.1) is 5.82 Å². The molecule has 144 valence electrons. The van der Waals surface area contributed by atoms with Gasteiger partial charge >= 0.3 is 0 Å². The number of halogens is 1. The average Bonchev–Trinajstić information content (AvgIpc) is 2.67. The highest BCUT2D eigenvalue weighted by atomic mass is 19.1. The van der Waals surface area contributed by atoms with Crippen molar-refractivity contribution in [2.24, 2.45) is 4.99 Å². The molecule has 0 aliphatic carbocycles. The topological polar surface area (TPSA) is 85.8 Å². The predicted octanol–water partition coefficient (Wildman–Crippen LogP) is 2.06. The first-order valence-corrected chi connectivity index (χ1v) is 8.93. The molecule has 0 atom stereocenters. The van der Waals surface area contributed by atoms with Gasteiger partial charge in [0.2, 0.25) is 0 Å². The molecule has 1 amide bonds. The van der Waals surface area contributed by atoms with Crippen LogP contribution in [0.3, 0.4) is 0 Å². The van der Waals surface area contributed by atoms with Crippen LogP contribution < -0.4 is 16.0 Å². The minimum atomic E-state index is -0.220. The smallest absolute Gasteiger partial charge is 0.251 e. The summed E-state index contributed by atoms with van der Waals surface area (Å²) in [4.78, 5) is 16.4. The highest BCUT2D eigenvalue weighted by molar-refractivity contribution is 5.94. The normalized spacial score (nSPS) is 11.1. The summed E-state index contributed by atoms with van der Waals surface area (Å²) in [6.07, 6.45) is 0.515. The zero-order valence-electron chi connectivity index (χ0n) is 15.3. The zero-order chi connectivity index (χ0) is 19.5. The van der Waals surface area contributed by atoms with Gasteiger partial charge in [-0.25, -0.2) is 4.39 Å². The largest absolute Gasteiger partial charge is 0.508 e. The van der Waals surface area contributed by atoms with Crippen molar-refractivity contribution in [2.45, 2.75) is 13.3 Å². The molecule has 0 spiro atoms. The average molecular weight is 372 g/mol. The highest BCUT2D eigenvalue weighted by Crippen LogP contribution is 2.09. The van der Waals surface area contributed by atoms with Gasteiger partial charge in [-0.1, -0.05) is 18.2 Å². The molecular formula is C20H25FN4O2. The quantitative estimate of drug-likeness (QED) is 0.325. The van der Waals surface area contributed by atoms with Crippen molar-refractivity contribution in [3.05, 3.63) is 65.5 Å². The molecule has 0 aliphatic rings. The summed E-state index contributed by atoms with van der Waals surface area (Å²) < 4.78 is 13.6. The van der Waals surface area contributed by atoms with Crippen molar-refractivity contribution in [3.8, 4) is 5.75 Å². The summed E-state index contributed by atoms with van der Waals surface area (Å²) in [6.45, 7) is 4.02. The van der Waals surface area contributed by atoms with Crippen LogP contribution in [0.1, 0.15) is 22.8 Å². The fraction of sp³-hybridized carbons (Fsp3) is 0.300. The van der Waals surface area contributed by atoms with Crippen molar-refractivity contribution >= 4 is 11.9 Å². The third kappa shape index (κ3) is 6.97. The Hall–Kier alpha value is -3.09. The Morgan fingerprint density at radius 1 is 1.04 bits per heavy atom. The third-order valence-corrected chi connectivity index (χ3v) is 3.79. The van der Waals surface area contributed by atoms with Crippen LogP contribution >= 0.6 is 0 Å². The monoisotopic (exact) mass is 372 g/mol. The zero-order valence-corrected chi connectivity index (χ0v) is 15.3. The molecule has 0 saturated carbocycles. The Bertz CT molecular complexity index is 763. The van der Waals surface area contributed by atoms with Gasteiger partial charge in [0.25, 0.3) is 5.91 Å². The Balaban J connectivity index is 1.75. The van der Waals surface area contributed by atoms with Gasteiger partial charge in [0.05, 0.1) is 0 Å². The molecule has 0 unspecified atom stereocenters. The van der Waals surface area contributed by atoms with Gasteiger partial charge in [0.1, 0.15) is 11.6 Å². The molecule has 0 fully saturated rings. The van der Waals surface area contributed by atoms with E-state index in [1.807, 2.05) is 13.0 Å². The Kier molecular flexibility index (Phi) is 8.09. The first kappa shape index (κ1) is 20.2. The summed E-state index contributed by atoms with van der Waals surface area (Å²) in [5, 5.41) is 18.3. The molecule has 2 aromatic carbocycles. The molecular weight excluding hydrogens is 347 g/mol. The Morgan fingerprint density at radius 2 is 1.74 bits per heavy atom. The van der Waals surface area contributed by atoms with Crippen molar-refractivity contribution in [2.75, 3.05) is 26.2 Å². The number of carbonyl (C=O) groups excluding carboxylic acids is 1. The lowest BCUT2D eigenvalue weighted by Crippen LogP contribution is -2.41. The number of hydrogen-bond acceptors (Lipinski definition) is 3. The molecule has 0 heterocycles. The summed E-state index contributed by atoms with van der Waals surface area (Å²) >= 11 is 0. The lowest BCUT2D eigenvalue weighted by Gasteiger charge is -2.12. The lowest BCUT2D eigenvalue weighted by molar-refractivity contribution is 0.0954. The number of aromatic hydroxyl groups is 1. The van der Waals surface area contributed by atoms with E-state index in [0.29, 0.717) is 49.7 Å². The van der Waals surface area contributed by atoms with Crippen LogP contribution in [0.2, 0.25) is 0 Å². The number of carbonyl (C=O) groups is 1. The SMILES string of the molecule is CCNC(=NCCc1ccccc1F)NCCNC(=O)c1ccc(O)cc1. The van der Waals surface area contributed by atoms with Crippen LogP contribution in [-0.2, 0) is 6.42 Å². The number of benzene rings is 2. The summed E-state index contributed by atoms with van der Waals surface area (Å²) in [5.74, 6) is 0.309. The van der Waals surface area contributed by atoms with Gasteiger partial charge < -0.3 is 21.1 Å². The molecule has 2 aromatic rings. The number of rotatable bonds is 8. The predicted molar refractivity (Wildman–Crippen MR) is 105 cm³/mol. The lowest BCUT2D eigenvalue weighted by atomic mass is 10.1. The van der Waals surface area contributed by atoms with E-state index < -0.39 is 0 Å². The molecule has 0 radical (unpaired) electrons. The van der Waals surface area contributed by atoms with E-state index >= 15 is 0 Å². The molecule has 4 N–H and O–H groups in total. The molecule has 27 heavy (non-hydrogen) atoms. The maximum atomic E-state index is 13.6. The van der Waals surface area contributed by atoms with E-state index in [9.17, 15) is 14.3 Å². The minimum Gasteiger partial charge on any atom is -0.508 e. The van der Waals surface area contributed by atoms with Crippen molar-refractivity contribution in [3.63, 3.8) is 0 Å². The minimum absolute atomic E-state index is 0.120. The highest BCUT2D eigenvalue weighted by Gasteiger charge is 2.05. The fourth-order valence-electron chi connectivity index (χ4n) is 2.40. The number of phenols is 1. The van der Waals surface area contributed by atoms with E-state index in [4.69, 9.17) is 0 Å². The number of hydrogen-bond donors (Lipinski definition) is 4. The summed E-state index contributed by atoms with van der Waals surface area (Å²) in [7, 11) is 0. The maximum Gasteiger partial charge on any atom is 0.251 e. The Morgan fingerprint density at radius 3 is 2.44 bits per heavy atom. The third-order valence-electron chi connectivity index (χ3n) is 3.79. The number of guanidine groups is 1. The van der Waals surface area contributed by atoms with Crippen LogP contribution in [0.4, 0.5) is 4.39 Å². The van der Waals surface area contributed by atoms with Gasteiger partial charge in [-0.15, -0.1) is 0 Å². The number of aliphatic imine (C=N–C) groups is 1. The molecule has 6 nitrogen and oxygen atoms in total. The van der Waals surface area contributed by atoms with E-state index in [2.05, 4.69) is 20.9 Å². The second-order valence-corrected chi connectivity index (χ2v) is 5.83. The van der Waals surface area contributed by atoms with E-state index in [-0.39, 0.29) is 17.5 Å². The number of phenolic OH excluding ortho intramolecular Hbond substituents is 1. The van der Waals surface area contributed by atoms with Crippen LogP contribution in [-0.4, -0.2) is 43.2 Å². The van der Waals surface area contributed by atoms with E-state index in [0.717, 1.165) is 0 Å². The first-order valence-electron chi connectivity index (χ1n) is 8.93. The maximum absolute atomic E-state index is 13.6. The van der Waals surface area contributed by atoms with Crippen LogP contribution in [0.5, 0.6) is 5.75 Å². The second kappa shape index (κ2) is 10.8. The van der Waals surface area contributed by atoms with Gasteiger partial charge in [0.15, 0.2) is 5.96 Å². The standard InChI is InChI=1S/C20H25FN4O2/c1-2-22-20(24-12-11-15-5-3-4-6-18(15)21)25-14-13-23-19(27)16-7-9-17(26)10-8-16/h3-10,26H,2,11-14H2,1H3,(H,23,27)(H2,22,24,25). The second-order valence-electron chi connectivity index (χ2n) is 5.83.